The summed E-state index contributed by atoms with van der Waals surface area (Å²) in [5, 5.41) is 2.85. The van der Waals surface area contributed by atoms with E-state index in [9.17, 15) is 4.79 Å². The Morgan fingerprint density at radius 1 is 1.47 bits per heavy atom. The summed E-state index contributed by atoms with van der Waals surface area (Å²) >= 11 is 3.47. The summed E-state index contributed by atoms with van der Waals surface area (Å²) in [4.78, 5) is 13.5. The van der Waals surface area contributed by atoms with E-state index in [2.05, 4.69) is 21.2 Å². The van der Waals surface area contributed by atoms with Crippen LogP contribution >= 0.6 is 15.9 Å². The van der Waals surface area contributed by atoms with Crippen LogP contribution in [-0.2, 0) is 0 Å². The molecule has 0 saturated carbocycles. The molecule has 15 heavy (non-hydrogen) atoms. The van der Waals surface area contributed by atoms with Crippen LogP contribution in [0.25, 0.3) is 0 Å². The molecule has 2 amide bonds. The van der Waals surface area contributed by atoms with Crippen LogP contribution in [0.3, 0.4) is 0 Å². The minimum atomic E-state index is 0.00227. The third kappa shape index (κ3) is 2.00. The number of rotatable bonds is 1. The monoisotopic (exact) mass is 268 g/mol. The zero-order valence-corrected chi connectivity index (χ0v) is 10.2. The van der Waals surface area contributed by atoms with Crippen LogP contribution in [0.5, 0.6) is 0 Å². The molecule has 1 N–H and O–H groups in total. The van der Waals surface area contributed by atoms with Gasteiger partial charge in [-0.25, -0.2) is 4.79 Å². The molecule has 3 nitrogen and oxygen atoms in total. The number of benzene rings is 1. The van der Waals surface area contributed by atoms with Crippen molar-refractivity contribution >= 4 is 27.6 Å². The van der Waals surface area contributed by atoms with E-state index in [0.29, 0.717) is 0 Å². The molecular weight excluding hydrogens is 256 g/mol. The fourth-order valence-electron chi connectivity index (χ4n) is 1.75. The highest BCUT2D eigenvalue weighted by molar-refractivity contribution is 9.10. The van der Waals surface area contributed by atoms with Crippen molar-refractivity contribution in [1.29, 1.82) is 0 Å². The molecule has 1 fully saturated rings. The van der Waals surface area contributed by atoms with Crippen molar-refractivity contribution in [2.45, 2.75) is 13.3 Å². The van der Waals surface area contributed by atoms with E-state index in [4.69, 9.17) is 0 Å². The lowest BCUT2D eigenvalue weighted by atomic mass is 10.1. The standard InChI is InChI=1S/C11H13BrN2O/c1-8-9(12)4-2-5-10(8)14-7-3-6-13-11(14)15/h2,4-5H,3,6-7H2,1H3,(H,13,15). The Kier molecular flexibility index (Phi) is 2.95. The van der Waals surface area contributed by atoms with Crippen molar-refractivity contribution in [2.24, 2.45) is 0 Å². The number of hydrogen-bond acceptors (Lipinski definition) is 1. The molecule has 0 bridgehead atoms. The van der Waals surface area contributed by atoms with Crippen LogP contribution in [0, 0.1) is 6.92 Å². The van der Waals surface area contributed by atoms with Crippen LogP contribution in [-0.4, -0.2) is 19.1 Å². The molecule has 0 atom stereocenters. The van der Waals surface area contributed by atoms with Gasteiger partial charge in [0.05, 0.1) is 0 Å². The van der Waals surface area contributed by atoms with Crippen molar-refractivity contribution in [3.8, 4) is 0 Å². The molecule has 80 valence electrons. The van der Waals surface area contributed by atoms with E-state index < -0.39 is 0 Å². The summed E-state index contributed by atoms with van der Waals surface area (Å²) in [6, 6.07) is 5.92. The van der Waals surface area contributed by atoms with Crippen LogP contribution in [0.4, 0.5) is 10.5 Å². The summed E-state index contributed by atoms with van der Waals surface area (Å²) < 4.78 is 1.04. The maximum absolute atomic E-state index is 11.7. The number of carbonyl (C=O) groups is 1. The molecule has 1 aromatic rings. The van der Waals surface area contributed by atoms with Crippen LogP contribution in [0.2, 0.25) is 0 Å². The molecule has 4 heteroatoms. The first kappa shape index (κ1) is 10.5. The van der Waals surface area contributed by atoms with Gasteiger partial charge in [0.15, 0.2) is 0 Å². The van der Waals surface area contributed by atoms with Crippen molar-refractivity contribution < 1.29 is 4.79 Å². The predicted octanol–water partition coefficient (Wildman–Crippen LogP) is 2.68. The fourth-order valence-corrected chi connectivity index (χ4v) is 2.10. The van der Waals surface area contributed by atoms with Gasteiger partial charge in [0.2, 0.25) is 0 Å². The number of anilines is 1. The largest absolute Gasteiger partial charge is 0.338 e. The highest BCUT2D eigenvalue weighted by Crippen LogP contribution is 2.27. The number of hydrogen-bond donors (Lipinski definition) is 1. The molecule has 1 aliphatic rings. The lowest BCUT2D eigenvalue weighted by Gasteiger charge is -2.29. The van der Waals surface area contributed by atoms with E-state index >= 15 is 0 Å². The summed E-state index contributed by atoms with van der Waals surface area (Å²) in [6.45, 7) is 3.59. The Morgan fingerprint density at radius 2 is 2.27 bits per heavy atom. The van der Waals surface area contributed by atoms with Crippen LogP contribution in [0.1, 0.15) is 12.0 Å². The average molecular weight is 269 g/mol. The normalized spacial score (nSPS) is 16.4. The van der Waals surface area contributed by atoms with Gasteiger partial charge < -0.3 is 5.32 Å². The van der Waals surface area contributed by atoms with Crippen molar-refractivity contribution in [2.75, 3.05) is 18.0 Å². The minimum Gasteiger partial charge on any atom is -0.338 e. The fraction of sp³-hybridized carbons (Fsp3) is 0.364. The molecule has 0 unspecified atom stereocenters. The Morgan fingerprint density at radius 3 is 3.00 bits per heavy atom. The van der Waals surface area contributed by atoms with E-state index in [1.807, 2.05) is 25.1 Å². The van der Waals surface area contributed by atoms with Gasteiger partial charge in [0.25, 0.3) is 0 Å². The van der Waals surface area contributed by atoms with E-state index in [1.165, 1.54) is 0 Å². The van der Waals surface area contributed by atoms with Gasteiger partial charge in [-0.1, -0.05) is 22.0 Å². The Hall–Kier alpha value is -1.03. The summed E-state index contributed by atoms with van der Waals surface area (Å²) in [5.41, 5.74) is 2.09. The molecule has 1 aromatic carbocycles. The highest BCUT2D eigenvalue weighted by atomic mass is 79.9. The van der Waals surface area contributed by atoms with Gasteiger partial charge in [0, 0.05) is 23.2 Å². The third-order valence-electron chi connectivity index (χ3n) is 2.61. The van der Waals surface area contributed by atoms with Crippen molar-refractivity contribution in [3.63, 3.8) is 0 Å². The second-order valence-electron chi connectivity index (χ2n) is 3.62. The van der Waals surface area contributed by atoms with Gasteiger partial charge in [-0.2, -0.15) is 0 Å². The zero-order chi connectivity index (χ0) is 10.8. The number of nitrogens with one attached hydrogen (secondary N) is 1. The molecule has 0 radical (unpaired) electrons. The van der Waals surface area contributed by atoms with E-state index in [-0.39, 0.29) is 6.03 Å². The summed E-state index contributed by atoms with van der Waals surface area (Å²) in [5.74, 6) is 0. The molecule has 0 aromatic heterocycles. The van der Waals surface area contributed by atoms with Crippen molar-refractivity contribution in [3.05, 3.63) is 28.2 Å². The van der Waals surface area contributed by atoms with Crippen LogP contribution < -0.4 is 10.2 Å². The van der Waals surface area contributed by atoms with Crippen LogP contribution in [0.15, 0.2) is 22.7 Å². The first-order valence-electron chi connectivity index (χ1n) is 5.00. The number of halogens is 1. The average Bonchev–Trinajstić information content (AvgIpc) is 2.23. The molecule has 0 aliphatic carbocycles. The Balaban J connectivity index is 2.35. The molecule has 1 saturated heterocycles. The smallest absolute Gasteiger partial charge is 0.321 e. The summed E-state index contributed by atoms with van der Waals surface area (Å²) in [7, 11) is 0. The van der Waals surface area contributed by atoms with E-state index in [1.54, 1.807) is 4.90 Å². The molecule has 1 aliphatic heterocycles. The van der Waals surface area contributed by atoms with E-state index in [0.717, 1.165) is 35.2 Å². The number of amides is 2. The van der Waals surface area contributed by atoms with Gasteiger partial charge in [-0.15, -0.1) is 0 Å². The topological polar surface area (TPSA) is 32.3 Å². The Bertz CT molecular complexity index is 392. The first-order chi connectivity index (χ1) is 7.20. The maximum atomic E-state index is 11.7. The van der Waals surface area contributed by atoms with Gasteiger partial charge >= 0.3 is 6.03 Å². The number of urea groups is 1. The molecule has 2 rings (SSSR count). The lowest BCUT2D eigenvalue weighted by Crippen LogP contribution is -2.46. The molecule has 1 heterocycles. The highest BCUT2D eigenvalue weighted by Gasteiger charge is 2.20. The quantitative estimate of drug-likeness (QED) is 0.835. The zero-order valence-electron chi connectivity index (χ0n) is 8.59. The van der Waals surface area contributed by atoms with Gasteiger partial charge in [-0.3, -0.25) is 4.90 Å². The Labute approximate surface area is 97.6 Å². The molecule has 0 spiro atoms. The summed E-state index contributed by atoms with van der Waals surface area (Å²) in [6.07, 6.45) is 0.998. The third-order valence-corrected chi connectivity index (χ3v) is 3.47. The SMILES string of the molecule is Cc1c(Br)cccc1N1CCCNC1=O. The second kappa shape index (κ2) is 4.23. The van der Waals surface area contributed by atoms with Gasteiger partial charge in [-0.05, 0) is 31.0 Å². The molecular formula is C11H13BrN2O. The second-order valence-corrected chi connectivity index (χ2v) is 4.48. The first-order valence-corrected chi connectivity index (χ1v) is 5.80. The number of nitrogens with zero attached hydrogens (tertiary/aromatic N) is 1. The maximum Gasteiger partial charge on any atom is 0.321 e. The number of carbonyl (C=O) groups excluding carboxylic acids is 1. The van der Waals surface area contributed by atoms with Crippen molar-refractivity contribution in [1.82, 2.24) is 5.32 Å². The predicted molar refractivity (Wildman–Crippen MR) is 64.2 cm³/mol. The van der Waals surface area contributed by atoms with Gasteiger partial charge in [0.1, 0.15) is 0 Å². The lowest BCUT2D eigenvalue weighted by molar-refractivity contribution is 0.243. The minimum absolute atomic E-state index is 0.00227.